The molecule has 0 aromatic heterocycles. The zero-order valence-electron chi connectivity index (χ0n) is 15.9. The van der Waals surface area contributed by atoms with Gasteiger partial charge in [-0.15, -0.1) is 0 Å². The molecule has 1 amide bonds. The van der Waals surface area contributed by atoms with Gasteiger partial charge in [-0.3, -0.25) is 14.9 Å². The summed E-state index contributed by atoms with van der Waals surface area (Å²) >= 11 is 0. The molecular weight excluding hydrogens is 414 g/mol. The zero-order chi connectivity index (χ0) is 21.6. The molecule has 3 rings (SSSR count). The Morgan fingerprint density at radius 1 is 1.17 bits per heavy atom. The van der Waals surface area contributed by atoms with Crippen LogP contribution in [0.1, 0.15) is 12.8 Å². The van der Waals surface area contributed by atoms with Crippen LogP contribution in [0.15, 0.2) is 53.4 Å². The smallest absolute Gasteiger partial charge is 0.269 e. The number of ether oxygens (including phenoxy) is 2. The first-order chi connectivity index (χ1) is 14.3. The van der Waals surface area contributed by atoms with Gasteiger partial charge in [0.1, 0.15) is 5.75 Å². The number of sulfonamides is 1. The minimum atomic E-state index is -3.66. The molecule has 0 spiro atoms. The first kappa shape index (κ1) is 21.7. The molecule has 2 N–H and O–H groups in total. The summed E-state index contributed by atoms with van der Waals surface area (Å²) < 4.78 is 37.9. The van der Waals surface area contributed by atoms with Crippen LogP contribution in [-0.2, 0) is 19.6 Å². The van der Waals surface area contributed by atoms with Crippen molar-refractivity contribution in [3.8, 4) is 5.75 Å². The SMILES string of the molecule is O=C(COc1ccc([N+](=O)[O-])cc1)Nc1ccc(S(=O)(=O)NCC2CCCO2)cc1. The maximum atomic E-state index is 12.3. The van der Waals surface area contributed by atoms with Crippen LogP contribution in [0, 0.1) is 10.1 Å². The fourth-order valence-electron chi connectivity index (χ4n) is 2.82. The van der Waals surface area contributed by atoms with E-state index in [0.29, 0.717) is 18.0 Å². The van der Waals surface area contributed by atoms with Gasteiger partial charge >= 0.3 is 0 Å². The summed E-state index contributed by atoms with van der Waals surface area (Å²) in [4.78, 5) is 22.2. The van der Waals surface area contributed by atoms with E-state index in [1.165, 1.54) is 48.5 Å². The molecule has 2 aromatic rings. The molecule has 0 aliphatic carbocycles. The molecule has 1 saturated heterocycles. The van der Waals surface area contributed by atoms with Gasteiger partial charge in [-0.2, -0.15) is 0 Å². The van der Waals surface area contributed by atoms with Crippen LogP contribution in [0.3, 0.4) is 0 Å². The molecule has 160 valence electrons. The second kappa shape index (κ2) is 9.65. The molecule has 1 fully saturated rings. The number of rotatable bonds is 9. The summed E-state index contributed by atoms with van der Waals surface area (Å²) in [6.07, 6.45) is 1.65. The molecule has 0 bridgehead atoms. The van der Waals surface area contributed by atoms with Gasteiger partial charge in [-0.05, 0) is 49.2 Å². The van der Waals surface area contributed by atoms with E-state index < -0.39 is 20.9 Å². The highest BCUT2D eigenvalue weighted by atomic mass is 32.2. The van der Waals surface area contributed by atoms with Gasteiger partial charge in [-0.1, -0.05) is 0 Å². The number of non-ortho nitro benzene ring substituents is 1. The summed E-state index contributed by atoms with van der Waals surface area (Å²) in [6, 6.07) is 11.1. The third kappa shape index (κ3) is 5.99. The maximum absolute atomic E-state index is 12.3. The van der Waals surface area contributed by atoms with Gasteiger partial charge in [0.15, 0.2) is 6.61 Å². The molecular formula is C19H21N3O7S. The normalized spacial score (nSPS) is 16.2. The lowest BCUT2D eigenvalue weighted by Crippen LogP contribution is -2.31. The highest BCUT2D eigenvalue weighted by Gasteiger charge is 2.20. The van der Waals surface area contributed by atoms with Crippen LogP contribution >= 0.6 is 0 Å². The van der Waals surface area contributed by atoms with Crippen LogP contribution in [0.5, 0.6) is 5.75 Å². The van der Waals surface area contributed by atoms with Crippen molar-refractivity contribution in [2.75, 3.05) is 25.1 Å². The highest BCUT2D eigenvalue weighted by molar-refractivity contribution is 7.89. The predicted molar refractivity (Wildman–Crippen MR) is 108 cm³/mol. The number of hydrogen-bond donors (Lipinski definition) is 2. The Morgan fingerprint density at radius 3 is 2.47 bits per heavy atom. The van der Waals surface area contributed by atoms with Crippen LogP contribution in [0.4, 0.5) is 11.4 Å². The van der Waals surface area contributed by atoms with Crippen LogP contribution in [0.25, 0.3) is 0 Å². The van der Waals surface area contributed by atoms with Crippen LogP contribution in [0.2, 0.25) is 0 Å². The van der Waals surface area contributed by atoms with Crippen LogP contribution < -0.4 is 14.8 Å². The Balaban J connectivity index is 1.49. The number of nitro groups is 1. The minimum absolute atomic E-state index is 0.0768. The summed E-state index contributed by atoms with van der Waals surface area (Å²) in [5.74, 6) is -0.144. The first-order valence-electron chi connectivity index (χ1n) is 9.22. The van der Waals surface area contributed by atoms with Crippen molar-refractivity contribution in [2.45, 2.75) is 23.8 Å². The quantitative estimate of drug-likeness (QED) is 0.454. The molecule has 2 aromatic carbocycles. The van der Waals surface area contributed by atoms with Crippen molar-refractivity contribution in [2.24, 2.45) is 0 Å². The number of anilines is 1. The van der Waals surface area contributed by atoms with Gasteiger partial charge < -0.3 is 14.8 Å². The van der Waals surface area contributed by atoms with E-state index in [1.54, 1.807) is 0 Å². The van der Waals surface area contributed by atoms with Gasteiger partial charge in [0.2, 0.25) is 10.0 Å². The fraction of sp³-hybridized carbons (Fsp3) is 0.316. The average Bonchev–Trinajstić information content (AvgIpc) is 3.25. The molecule has 1 unspecified atom stereocenters. The van der Waals surface area contributed by atoms with E-state index in [4.69, 9.17) is 9.47 Å². The van der Waals surface area contributed by atoms with Crippen molar-refractivity contribution in [3.05, 3.63) is 58.6 Å². The number of hydrogen-bond acceptors (Lipinski definition) is 7. The Kier molecular flexibility index (Phi) is 6.98. The number of nitrogens with one attached hydrogen (secondary N) is 2. The average molecular weight is 435 g/mol. The van der Waals surface area contributed by atoms with Gasteiger partial charge in [0.25, 0.3) is 11.6 Å². The third-order valence-electron chi connectivity index (χ3n) is 4.39. The van der Waals surface area contributed by atoms with Crippen molar-refractivity contribution in [3.63, 3.8) is 0 Å². The second-order valence-corrected chi connectivity index (χ2v) is 8.37. The Morgan fingerprint density at radius 2 is 1.87 bits per heavy atom. The summed E-state index contributed by atoms with van der Waals surface area (Å²) in [5, 5.41) is 13.2. The highest BCUT2D eigenvalue weighted by Crippen LogP contribution is 2.18. The van der Waals surface area contributed by atoms with E-state index in [1.807, 2.05) is 0 Å². The number of amides is 1. The van der Waals surface area contributed by atoms with Gasteiger partial charge in [-0.25, -0.2) is 13.1 Å². The predicted octanol–water partition coefficient (Wildman–Crippen LogP) is 2.07. The number of carbonyl (C=O) groups is 1. The molecule has 30 heavy (non-hydrogen) atoms. The summed E-state index contributed by atoms with van der Waals surface area (Å²) in [5.41, 5.74) is 0.331. The number of carbonyl (C=O) groups excluding carboxylic acids is 1. The van der Waals surface area contributed by atoms with E-state index in [0.717, 1.165) is 12.8 Å². The van der Waals surface area contributed by atoms with Gasteiger partial charge in [0, 0.05) is 31.0 Å². The van der Waals surface area contributed by atoms with Gasteiger partial charge in [0.05, 0.1) is 15.9 Å². The van der Waals surface area contributed by atoms with E-state index in [-0.39, 0.29) is 29.8 Å². The molecule has 0 saturated carbocycles. The monoisotopic (exact) mass is 435 g/mol. The lowest BCUT2D eigenvalue weighted by Gasteiger charge is -2.12. The number of nitrogens with zero attached hydrogens (tertiary/aromatic N) is 1. The second-order valence-electron chi connectivity index (χ2n) is 6.60. The third-order valence-corrected chi connectivity index (χ3v) is 5.83. The molecule has 10 nitrogen and oxygen atoms in total. The zero-order valence-corrected chi connectivity index (χ0v) is 16.8. The number of nitro benzene ring substituents is 1. The topological polar surface area (TPSA) is 137 Å². The van der Waals surface area contributed by atoms with Crippen molar-refractivity contribution in [1.82, 2.24) is 4.72 Å². The number of benzene rings is 2. The Hall–Kier alpha value is -3.02. The fourth-order valence-corrected chi connectivity index (χ4v) is 3.89. The molecule has 1 aliphatic rings. The summed E-state index contributed by atoms with van der Waals surface area (Å²) in [7, 11) is -3.66. The Labute approximate surface area is 173 Å². The van der Waals surface area contributed by atoms with Crippen LogP contribution in [-0.4, -0.2) is 45.1 Å². The largest absolute Gasteiger partial charge is 0.484 e. The lowest BCUT2D eigenvalue weighted by atomic mass is 10.2. The lowest BCUT2D eigenvalue weighted by molar-refractivity contribution is -0.384. The molecule has 11 heteroatoms. The van der Waals surface area contributed by atoms with Crippen molar-refractivity contribution in [1.29, 1.82) is 0 Å². The summed E-state index contributed by atoms with van der Waals surface area (Å²) in [6.45, 7) is 0.566. The molecule has 1 heterocycles. The van der Waals surface area contributed by atoms with E-state index in [9.17, 15) is 23.3 Å². The van der Waals surface area contributed by atoms with Crippen molar-refractivity contribution >= 4 is 27.3 Å². The standard InChI is InChI=1S/C19H21N3O7S/c23-19(13-29-16-7-5-15(6-8-16)22(24)25)21-14-3-9-18(10-4-14)30(26,27)20-12-17-2-1-11-28-17/h3-10,17,20H,1-2,11-13H2,(H,21,23). The van der Waals surface area contributed by atoms with E-state index in [2.05, 4.69) is 10.0 Å². The molecule has 0 radical (unpaired) electrons. The minimum Gasteiger partial charge on any atom is -0.484 e. The van der Waals surface area contributed by atoms with E-state index >= 15 is 0 Å². The molecule has 1 atom stereocenters. The van der Waals surface area contributed by atoms with Crippen molar-refractivity contribution < 1.29 is 27.6 Å². The first-order valence-corrected chi connectivity index (χ1v) is 10.7. The maximum Gasteiger partial charge on any atom is 0.269 e. The molecule has 1 aliphatic heterocycles. The Bertz CT molecular complexity index is 986.